The Morgan fingerprint density at radius 3 is 2.63 bits per heavy atom. The maximum Gasteiger partial charge on any atom is 0.326 e. The van der Waals surface area contributed by atoms with Crippen molar-refractivity contribution in [3.05, 3.63) is 0 Å². The number of urea groups is 1. The highest BCUT2D eigenvalue weighted by molar-refractivity contribution is 5.82. The van der Waals surface area contributed by atoms with Gasteiger partial charge in [0.25, 0.3) is 0 Å². The van der Waals surface area contributed by atoms with Crippen LogP contribution in [0.25, 0.3) is 0 Å². The van der Waals surface area contributed by atoms with E-state index in [4.69, 9.17) is 0 Å². The first-order valence-corrected chi connectivity index (χ1v) is 7.27. The molecule has 1 fully saturated rings. The van der Waals surface area contributed by atoms with E-state index in [0.29, 0.717) is 5.92 Å². The largest absolute Gasteiger partial charge is 0.480 e. The van der Waals surface area contributed by atoms with Crippen LogP contribution < -0.4 is 5.32 Å². The molecule has 2 unspecified atom stereocenters. The number of hydrogen-bond donors (Lipinski definition) is 2. The fraction of sp³-hybridized carbons (Fsp3) is 0.857. The third kappa shape index (κ3) is 4.40. The Kier molecular flexibility index (Phi) is 6.12. The average molecular weight is 270 g/mol. The lowest BCUT2D eigenvalue weighted by molar-refractivity contribution is -0.140. The second kappa shape index (κ2) is 7.36. The monoisotopic (exact) mass is 270 g/mol. The number of rotatable bonds is 5. The van der Waals surface area contributed by atoms with Crippen LogP contribution in [0.3, 0.4) is 0 Å². The molecule has 1 saturated heterocycles. The number of carbonyl (C=O) groups excluding carboxylic acids is 1. The van der Waals surface area contributed by atoms with Gasteiger partial charge in [0, 0.05) is 13.1 Å². The van der Waals surface area contributed by atoms with Crippen molar-refractivity contribution in [1.29, 1.82) is 0 Å². The van der Waals surface area contributed by atoms with E-state index in [0.717, 1.165) is 38.8 Å². The van der Waals surface area contributed by atoms with Crippen LogP contribution in [0.2, 0.25) is 0 Å². The zero-order chi connectivity index (χ0) is 14.4. The summed E-state index contributed by atoms with van der Waals surface area (Å²) in [5.41, 5.74) is 0. The number of piperidine rings is 1. The first-order valence-electron chi connectivity index (χ1n) is 7.27. The molecule has 0 aromatic heterocycles. The highest BCUT2D eigenvalue weighted by atomic mass is 16.4. The van der Waals surface area contributed by atoms with Gasteiger partial charge < -0.3 is 15.3 Å². The van der Waals surface area contributed by atoms with Crippen LogP contribution in [0.5, 0.6) is 0 Å². The van der Waals surface area contributed by atoms with Gasteiger partial charge in [-0.2, -0.15) is 0 Å². The van der Waals surface area contributed by atoms with Gasteiger partial charge in [0.05, 0.1) is 0 Å². The number of carbonyl (C=O) groups is 2. The zero-order valence-corrected chi connectivity index (χ0v) is 12.2. The molecule has 0 saturated carbocycles. The van der Waals surface area contributed by atoms with Crippen LogP contribution in [0.1, 0.15) is 46.5 Å². The summed E-state index contributed by atoms with van der Waals surface area (Å²) in [6.45, 7) is 7.39. The van der Waals surface area contributed by atoms with Crippen LogP contribution in [-0.4, -0.2) is 41.1 Å². The van der Waals surface area contributed by atoms with Gasteiger partial charge in [-0.15, -0.1) is 0 Å². The number of carboxylic acid groups (broad SMARTS) is 1. The first-order chi connectivity index (χ1) is 8.99. The lowest BCUT2D eigenvalue weighted by atomic mass is 9.96. The van der Waals surface area contributed by atoms with Crippen molar-refractivity contribution in [1.82, 2.24) is 10.2 Å². The van der Waals surface area contributed by atoms with E-state index in [1.807, 2.05) is 13.8 Å². The van der Waals surface area contributed by atoms with Gasteiger partial charge in [0.1, 0.15) is 6.04 Å². The molecule has 0 aromatic carbocycles. The highest BCUT2D eigenvalue weighted by Gasteiger charge is 2.29. The molecular formula is C14H26N2O3. The number of carboxylic acids is 1. The van der Waals surface area contributed by atoms with Crippen molar-refractivity contribution in [2.75, 3.05) is 13.1 Å². The maximum atomic E-state index is 12.1. The molecule has 1 aliphatic rings. The zero-order valence-electron chi connectivity index (χ0n) is 12.2. The molecule has 2 N–H and O–H groups in total. The minimum Gasteiger partial charge on any atom is -0.480 e. The van der Waals surface area contributed by atoms with Crippen molar-refractivity contribution in [3.63, 3.8) is 0 Å². The molecule has 0 spiro atoms. The van der Waals surface area contributed by atoms with Gasteiger partial charge in [0.15, 0.2) is 0 Å². The summed E-state index contributed by atoms with van der Waals surface area (Å²) in [6, 6.07) is -1.02. The molecule has 0 bridgehead atoms. The van der Waals surface area contributed by atoms with E-state index >= 15 is 0 Å². The Morgan fingerprint density at radius 2 is 2.11 bits per heavy atom. The van der Waals surface area contributed by atoms with E-state index in [-0.39, 0.29) is 11.9 Å². The molecule has 5 heteroatoms. The van der Waals surface area contributed by atoms with E-state index in [1.165, 1.54) is 0 Å². The summed E-state index contributed by atoms with van der Waals surface area (Å²) in [5, 5.41) is 11.9. The molecule has 3 atom stereocenters. The van der Waals surface area contributed by atoms with Gasteiger partial charge in [0.2, 0.25) is 0 Å². The summed E-state index contributed by atoms with van der Waals surface area (Å²) in [5.74, 6) is -0.466. The van der Waals surface area contributed by atoms with Crippen LogP contribution in [0.4, 0.5) is 4.79 Å². The van der Waals surface area contributed by atoms with Crippen LogP contribution in [-0.2, 0) is 4.79 Å². The second-order valence-corrected chi connectivity index (χ2v) is 5.51. The molecule has 1 heterocycles. The predicted molar refractivity (Wildman–Crippen MR) is 74.0 cm³/mol. The summed E-state index contributed by atoms with van der Waals surface area (Å²) in [4.78, 5) is 25.1. The van der Waals surface area contributed by atoms with Crippen LogP contribution in [0.15, 0.2) is 0 Å². The van der Waals surface area contributed by atoms with Crippen molar-refractivity contribution in [2.24, 2.45) is 11.8 Å². The first kappa shape index (κ1) is 15.8. The Morgan fingerprint density at radius 1 is 1.42 bits per heavy atom. The van der Waals surface area contributed by atoms with Gasteiger partial charge in [-0.1, -0.05) is 33.6 Å². The van der Waals surface area contributed by atoms with Gasteiger partial charge in [-0.3, -0.25) is 0 Å². The summed E-state index contributed by atoms with van der Waals surface area (Å²) in [7, 11) is 0. The number of amides is 2. The number of aliphatic carboxylic acids is 1. The quantitative estimate of drug-likeness (QED) is 0.805. The molecule has 0 radical (unpaired) electrons. The third-order valence-corrected chi connectivity index (χ3v) is 4.14. The lowest BCUT2D eigenvalue weighted by Gasteiger charge is -2.33. The normalized spacial score (nSPS) is 22.7. The van der Waals surface area contributed by atoms with Gasteiger partial charge in [-0.05, 0) is 24.7 Å². The Balaban J connectivity index is 2.58. The average Bonchev–Trinajstić information content (AvgIpc) is 2.43. The lowest BCUT2D eigenvalue weighted by Crippen LogP contribution is -2.52. The fourth-order valence-corrected chi connectivity index (χ4v) is 2.49. The molecule has 19 heavy (non-hydrogen) atoms. The minimum absolute atomic E-state index is 0.0618. The number of nitrogens with zero attached hydrogens (tertiary/aromatic N) is 1. The van der Waals surface area contributed by atoms with Crippen molar-refractivity contribution < 1.29 is 14.7 Å². The van der Waals surface area contributed by atoms with E-state index in [2.05, 4.69) is 12.2 Å². The Hall–Kier alpha value is -1.26. The Labute approximate surface area is 115 Å². The third-order valence-electron chi connectivity index (χ3n) is 4.14. The molecule has 0 aliphatic carbocycles. The summed E-state index contributed by atoms with van der Waals surface area (Å²) < 4.78 is 0. The summed E-state index contributed by atoms with van der Waals surface area (Å²) in [6.07, 6.45) is 3.97. The van der Waals surface area contributed by atoms with Crippen molar-refractivity contribution in [2.45, 2.75) is 52.5 Å². The predicted octanol–water partition coefficient (Wildman–Crippen LogP) is 2.32. The van der Waals surface area contributed by atoms with E-state index < -0.39 is 12.0 Å². The standard InChI is InChI=1S/C14H26N2O3/c1-4-10(3)12(13(17)18)15-14(19)16-8-6-7-11(5-2)9-16/h10-12H,4-9H2,1-3H3,(H,15,19)(H,17,18)/t10?,11?,12-/m0/s1. The minimum atomic E-state index is -0.952. The number of likely N-dealkylation sites (tertiary alicyclic amines) is 1. The van der Waals surface area contributed by atoms with E-state index in [9.17, 15) is 14.7 Å². The number of hydrogen-bond acceptors (Lipinski definition) is 2. The highest BCUT2D eigenvalue weighted by Crippen LogP contribution is 2.19. The molecule has 110 valence electrons. The summed E-state index contributed by atoms with van der Waals surface area (Å²) >= 11 is 0. The molecule has 2 amide bonds. The molecule has 5 nitrogen and oxygen atoms in total. The van der Waals surface area contributed by atoms with Gasteiger partial charge in [-0.25, -0.2) is 9.59 Å². The van der Waals surface area contributed by atoms with Crippen LogP contribution in [0, 0.1) is 11.8 Å². The fourth-order valence-electron chi connectivity index (χ4n) is 2.49. The van der Waals surface area contributed by atoms with Gasteiger partial charge >= 0.3 is 12.0 Å². The van der Waals surface area contributed by atoms with Crippen LogP contribution >= 0.6 is 0 Å². The topological polar surface area (TPSA) is 69.6 Å². The smallest absolute Gasteiger partial charge is 0.326 e. The van der Waals surface area contributed by atoms with Crippen molar-refractivity contribution in [3.8, 4) is 0 Å². The molecule has 0 aromatic rings. The second-order valence-electron chi connectivity index (χ2n) is 5.51. The number of nitrogens with one attached hydrogen (secondary N) is 1. The molecular weight excluding hydrogens is 244 g/mol. The molecule has 1 aliphatic heterocycles. The van der Waals surface area contributed by atoms with Crippen molar-refractivity contribution >= 4 is 12.0 Å². The van der Waals surface area contributed by atoms with E-state index in [1.54, 1.807) is 4.90 Å². The SMILES string of the molecule is CCC1CCCN(C(=O)N[C@H](C(=O)O)C(C)CC)C1. The maximum absolute atomic E-state index is 12.1. The Bertz CT molecular complexity index is 320. The molecule has 1 rings (SSSR count).